The van der Waals surface area contributed by atoms with Gasteiger partial charge in [-0.15, -0.1) is 0 Å². The van der Waals surface area contributed by atoms with Crippen LogP contribution in [-0.2, 0) is 10.0 Å². The molecule has 1 aromatic heterocycles. The van der Waals surface area contributed by atoms with Gasteiger partial charge in [-0.2, -0.15) is 4.37 Å². The van der Waals surface area contributed by atoms with E-state index in [0.717, 1.165) is 23.5 Å². The predicted molar refractivity (Wildman–Crippen MR) is 100 cm³/mol. The number of nitrogens with zero attached hydrogens (tertiary/aromatic N) is 3. The molecule has 3 heterocycles. The molecule has 0 bridgehead atoms. The lowest BCUT2D eigenvalue weighted by Crippen LogP contribution is -2.40. The number of nitrogens with one attached hydrogen (secondary N) is 1. The van der Waals surface area contributed by atoms with E-state index in [0.29, 0.717) is 38.3 Å². The highest BCUT2D eigenvalue weighted by Crippen LogP contribution is 2.39. The summed E-state index contributed by atoms with van der Waals surface area (Å²) in [5.74, 6) is -0.0122. The number of piperidine rings is 1. The molecule has 2 aliphatic rings. The third kappa shape index (κ3) is 3.96. The molecule has 0 saturated carbocycles. The van der Waals surface area contributed by atoms with Crippen molar-refractivity contribution in [2.45, 2.75) is 36.6 Å². The first-order chi connectivity index (χ1) is 13.4. The largest absolute Gasteiger partial charge is 0.493 e. The summed E-state index contributed by atoms with van der Waals surface area (Å²) in [4.78, 5) is 6.12. The molecule has 1 fully saturated rings. The second-order valence-corrected chi connectivity index (χ2v) is 9.37. The predicted octanol–water partition coefficient (Wildman–Crippen LogP) is 3.14. The van der Waals surface area contributed by atoms with Gasteiger partial charge < -0.3 is 4.74 Å². The van der Waals surface area contributed by atoms with Gasteiger partial charge in [0.1, 0.15) is 12.1 Å². The van der Waals surface area contributed by atoms with Gasteiger partial charge in [0, 0.05) is 41.5 Å². The van der Waals surface area contributed by atoms with Crippen LogP contribution in [0.1, 0.15) is 30.9 Å². The van der Waals surface area contributed by atoms with Crippen LogP contribution in [0.5, 0.6) is 5.75 Å². The van der Waals surface area contributed by atoms with Crippen molar-refractivity contribution >= 4 is 26.7 Å². The zero-order valence-electron chi connectivity index (χ0n) is 14.9. The van der Waals surface area contributed by atoms with Gasteiger partial charge in [-0.3, -0.25) is 9.62 Å². The number of halogens is 2. The first kappa shape index (κ1) is 19.5. The topological polar surface area (TPSA) is 84.4 Å². The lowest BCUT2D eigenvalue weighted by Gasteiger charge is -2.40. The summed E-state index contributed by atoms with van der Waals surface area (Å²) < 4.78 is 62.8. The smallest absolute Gasteiger partial charge is 0.263 e. The number of rotatable bonds is 5. The highest BCUT2D eigenvalue weighted by Gasteiger charge is 2.33. The van der Waals surface area contributed by atoms with Crippen LogP contribution >= 0.6 is 11.5 Å². The number of anilines is 1. The van der Waals surface area contributed by atoms with Crippen molar-refractivity contribution in [2.24, 2.45) is 5.92 Å². The van der Waals surface area contributed by atoms with Gasteiger partial charge in [0.25, 0.3) is 10.0 Å². The Morgan fingerprint density at radius 3 is 2.71 bits per heavy atom. The standard InChI is InChI=1S/C17H20F2N4O3S2/c18-16(19)11-3-6-23(7-4-11)14-5-8-26-15-9-12(1-2-13(14)15)28(24,25)22-17-20-10-21-27-17/h1-2,9-11,14,16H,3-8H2,(H,20,21,22)/t14-/m0/s1. The highest BCUT2D eigenvalue weighted by molar-refractivity contribution is 7.93. The Labute approximate surface area is 165 Å². The summed E-state index contributed by atoms with van der Waals surface area (Å²) >= 11 is 0.952. The van der Waals surface area contributed by atoms with Gasteiger partial charge in [-0.1, -0.05) is 6.07 Å². The Balaban J connectivity index is 1.53. The fourth-order valence-electron chi connectivity index (χ4n) is 3.77. The molecule has 1 saturated heterocycles. The van der Waals surface area contributed by atoms with Crippen LogP contribution in [0.2, 0.25) is 0 Å². The molecule has 2 aromatic rings. The normalized spacial score (nSPS) is 21.3. The van der Waals surface area contributed by atoms with E-state index in [4.69, 9.17) is 4.74 Å². The number of hydrogen-bond donors (Lipinski definition) is 1. The van der Waals surface area contributed by atoms with E-state index >= 15 is 0 Å². The maximum absolute atomic E-state index is 12.9. The van der Waals surface area contributed by atoms with Crippen LogP contribution in [0, 0.1) is 5.92 Å². The lowest BCUT2D eigenvalue weighted by molar-refractivity contribution is 0.0183. The molecule has 0 spiro atoms. The van der Waals surface area contributed by atoms with Crippen molar-refractivity contribution in [3.05, 3.63) is 30.1 Å². The molecule has 7 nitrogen and oxygen atoms in total. The first-order valence-corrected chi connectivity index (χ1v) is 11.3. The average molecular weight is 431 g/mol. The van der Waals surface area contributed by atoms with Gasteiger partial charge in [-0.25, -0.2) is 22.2 Å². The molecule has 11 heteroatoms. The second-order valence-electron chi connectivity index (χ2n) is 6.91. The minimum absolute atomic E-state index is 0.0512. The van der Waals surface area contributed by atoms with Gasteiger partial charge in [0.05, 0.1) is 11.5 Å². The molecule has 28 heavy (non-hydrogen) atoms. The van der Waals surface area contributed by atoms with E-state index in [2.05, 4.69) is 19.0 Å². The Bertz CT molecular complexity index is 916. The third-order valence-electron chi connectivity index (χ3n) is 5.26. The molecular formula is C17H20F2N4O3S2. The van der Waals surface area contributed by atoms with Crippen molar-refractivity contribution in [3.8, 4) is 5.75 Å². The quantitative estimate of drug-likeness (QED) is 0.785. The number of aromatic nitrogens is 2. The van der Waals surface area contributed by atoms with Crippen LogP contribution in [0.15, 0.2) is 29.4 Å². The Morgan fingerprint density at radius 1 is 1.25 bits per heavy atom. The number of likely N-dealkylation sites (tertiary alicyclic amines) is 1. The van der Waals surface area contributed by atoms with Gasteiger partial charge in [-0.05, 0) is 32.0 Å². The molecular weight excluding hydrogens is 410 g/mol. The SMILES string of the molecule is O=S(=O)(Nc1ncns1)c1ccc2c(c1)OCC[C@@H]2N1CCC(C(F)F)CC1. The maximum atomic E-state index is 12.9. The number of fused-ring (bicyclic) bond motifs is 1. The summed E-state index contributed by atoms with van der Waals surface area (Å²) in [6.07, 6.45) is 0.713. The molecule has 0 radical (unpaired) electrons. The van der Waals surface area contributed by atoms with Gasteiger partial charge in [0.2, 0.25) is 11.6 Å². The zero-order chi connectivity index (χ0) is 19.7. The Morgan fingerprint density at radius 2 is 2.04 bits per heavy atom. The van der Waals surface area contributed by atoms with E-state index in [-0.39, 0.29) is 16.1 Å². The monoisotopic (exact) mass is 430 g/mol. The van der Waals surface area contributed by atoms with E-state index in [1.165, 1.54) is 18.5 Å². The van der Waals surface area contributed by atoms with Crippen molar-refractivity contribution < 1.29 is 21.9 Å². The summed E-state index contributed by atoms with van der Waals surface area (Å²) in [6.45, 7) is 1.68. The molecule has 1 aromatic carbocycles. The minimum Gasteiger partial charge on any atom is -0.493 e. The fourth-order valence-corrected chi connectivity index (χ4v) is 5.45. The summed E-state index contributed by atoms with van der Waals surface area (Å²) in [5, 5.41) is 0.193. The first-order valence-electron chi connectivity index (χ1n) is 9.02. The number of benzene rings is 1. The van der Waals surface area contributed by atoms with E-state index in [1.807, 2.05) is 0 Å². The molecule has 0 unspecified atom stereocenters. The minimum atomic E-state index is -3.79. The van der Waals surface area contributed by atoms with Gasteiger partial charge >= 0.3 is 0 Å². The molecule has 0 amide bonds. The van der Waals surface area contributed by atoms with Crippen LogP contribution in [0.25, 0.3) is 0 Å². The average Bonchev–Trinajstić information content (AvgIpc) is 3.19. The number of alkyl halides is 2. The van der Waals surface area contributed by atoms with Crippen molar-refractivity contribution in [1.29, 1.82) is 0 Å². The highest BCUT2D eigenvalue weighted by atomic mass is 32.2. The Kier molecular flexibility index (Phi) is 5.48. The summed E-state index contributed by atoms with van der Waals surface area (Å²) in [6, 6.07) is 4.86. The van der Waals surface area contributed by atoms with Gasteiger partial charge in [0.15, 0.2) is 0 Å². The van der Waals surface area contributed by atoms with Crippen LogP contribution in [0.4, 0.5) is 13.9 Å². The third-order valence-corrected chi connectivity index (χ3v) is 7.30. The van der Waals surface area contributed by atoms with Crippen LogP contribution in [-0.4, -0.2) is 48.8 Å². The molecule has 1 N–H and O–H groups in total. The van der Waals surface area contributed by atoms with Crippen LogP contribution in [0.3, 0.4) is 0 Å². The van der Waals surface area contributed by atoms with E-state index in [1.54, 1.807) is 6.07 Å². The molecule has 2 aliphatic heterocycles. The van der Waals surface area contributed by atoms with Crippen molar-refractivity contribution in [3.63, 3.8) is 0 Å². The molecule has 4 rings (SSSR count). The zero-order valence-corrected chi connectivity index (χ0v) is 16.6. The lowest BCUT2D eigenvalue weighted by atomic mass is 9.92. The Hall–Kier alpha value is -1.85. The van der Waals surface area contributed by atoms with E-state index < -0.39 is 22.4 Å². The molecule has 0 aliphatic carbocycles. The van der Waals surface area contributed by atoms with Crippen LogP contribution < -0.4 is 9.46 Å². The molecule has 1 atom stereocenters. The number of sulfonamides is 1. The van der Waals surface area contributed by atoms with E-state index in [9.17, 15) is 17.2 Å². The summed E-state index contributed by atoms with van der Waals surface area (Å²) in [7, 11) is -3.79. The fraction of sp³-hybridized carbons (Fsp3) is 0.529. The summed E-state index contributed by atoms with van der Waals surface area (Å²) in [5.41, 5.74) is 0.900. The van der Waals surface area contributed by atoms with Crippen molar-refractivity contribution in [1.82, 2.24) is 14.3 Å². The number of ether oxygens (including phenoxy) is 1. The maximum Gasteiger partial charge on any atom is 0.263 e. The van der Waals surface area contributed by atoms with Crippen molar-refractivity contribution in [2.75, 3.05) is 24.4 Å². The second kappa shape index (κ2) is 7.88. The number of hydrogen-bond acceptors (Lipinski definition) is 7. The molecule has 152 valence electrons.